The van der Waals surface area contributed by atoms with Gasteiger partial charge >= 0.3 is 5.97 Å². The van der Waals surface area contributed by atoms with Crippen molar-refractivity contribution in [3.05, 3.63) is 35.9 Å². The summed E-state index contributed by atoms with van der Waals surface area (Å²) in [7, 11) is 0. The van der Waals surface area contributed by atoms with Crippen molar-refractivity contribution in [2.24, 2.45) is 0 Å². The Labute approximate surface area is 181 Å². The van der Waals surface area contributed by atoms with Gasteiger partial charge in [-0.05, 0) is 32.8 Å². The van der Waals surface area contributed by atoms with Gasteiger partial charge in [0.2, 0.25) is 0 Å². The number of nitrogens with one attached hydrogen (secondary N) is 1. The maximum Gasteiger partial charge on any atom is 0.306 e. The van der Waals surface area contributed by atoms with E-state index in [-0.39, 0.29) is 5.97 Å². The Morgan fingerprint density at radius 1 is 0.800 bits per heavy atom. The van der Waals surface area contributed by atoms with Crippen LogP contribution >= 0.6 is 0 Å². The zero-order chi connectivity index (χ0) is 21.9. The van der Waals surface area contributed by atoms with Crippen molar-refractivity contribution in [3.8, 4) is 0 Å². The van der Waals surface area contributed by atoms with Crippen molar-refractivity contribution in [2.75, 3.05) is 59.3 Å². The molecule has 0 heterocycles. The lowest BCUT2D eigenvalue weighted by molar-refractivity contribution is -0.155. The van der Waals surface area contributed by atoms with Gasteiger partial charge in [0.05, 0.1) is 46.2 Å². The maximum atomic E-state index is 11.5. The molecule has 1 aromatic rings. The maximum absolute atomic E-state index is 11.5. The molecule has 0 saturated heterocycles. The summed E-state index contributed by atoms with van der Waals surface area (Å²) in [6.07, 6.45) is 1.04. The van der Waals surface area contributed by atoms with E-state index in [0.29, 0.717) is 65.7 Å². The summed E-state index contributed by atoms with van der Waals surface area (Å²) >= 11 is 0. The minimum absolute atomic E-state index is 0.183. The van der Waals surface area contributed by atoms with Crippen molar-refractivity contribution >= 4 is 5.97 Å². The lowest BCUT2D eigenvalue weighted by Crippen LogP contribution is -2.25. The fraction of sp³-hybridized carbons (Fsp3) is 0.696. The van der Waals surface area contributed by atoms with Crippen LogP contribution in [0.1, 0.15) is 39.2 Å². The summed E-state index contributed by atoms with van der Waals surface area (Å²) in [5.41, 5.74) is 0.744. The Morgan fingerprint density at radius 2 is 1.37 bits per heavy atom. The summed E-state index contributed by atoms with van der Waals surface area (Å²) in [5, 5.41) is 3.26. The average Bonchev–Trinajstić information content (AvgIpc) is 2.69. The first-order chi connectivity index (χ1) is 14.5. The second kappa shape index (κ2) is 17.2. The smallest absolute Gasteiger partial charge is 0.306 e. The molecule has 172 valence electrons. The van der Waals surface area contributed by atoms with E-state index in [1.165, 1.54) is 5.56 Å². The van der Waals surface area contributed by atoms with Crippen LogP contribution in [-0.2, 0) is 35.1 Å². The number of ether oxygens (including phenoxy) is 5. The molecular formula is C23H39NO6. The summed E-state index contributed by atoms with van der Waals surface area (Å²) in [6, 6.07) is 10.1. The monoisotopic (exact) mass is 425 g/mol. The first-order valence-electron chi connectivity index (χ1n) is 10.7. The van der Waals surface area contributed by atoms with E-state index in [1.807, 2.05) is 51.1 Å². The van der Waals surface area contributed by atoms with E-state index >= 15 is 0 Å². The highest BCUT2D eigenvalue weighted by Gasteiger charge is 2.15. The van der Waals surface area contributed by atoms with Crippen LogP contribution in [0.25, 0.3) is 0 Å². The van der Waals surface area contributed by atoms with E-state index in [9.17, 15) is 4.79 Å². The van der Waals surface area contributed by atoms with Gasteiger partial charge in [0, 0.05) is 26.1 Å². The molecule has 0 aromatic heterocycles. The van der Waals surface area contributed by atoms with Gasteiger partial charge in [0.15, 0.2) is 0 Å². The van der Waals surface area contributed by atoms with Crippen LogP contribution in [0.15, 0.2) is 30.3 Å². The molecule has 1 aromatic carbocycles. The Balaban J connectivity index is 1.73. The van der Waals surface area contributed by atoms with Crippen LogP contribution in [-0.4, -0.2) is 70.9 Å². The molecule has 0 aliphatic carbocycles. The van der Waals surface area contributed by atoms with E-state index in [2.05, 4.69) is 5.32 Å². The van der Waals surface area contributed by atoms with E-state index < -0.39 is 5.60 Å². The third kappa shape index (κ3) is 17.4. The minimum atomic E-state index is -0.428. The van der Waals surface area contributed by atoms with Gasteiger partial charge in [0.1, 0.15) is 5.60 Å². The number of hydrogen-bond donors (Lipinski definition) is 1. The van der Waals surface area contributed by atoms with Gasteiger partial charge < -0.3 is 29.0 Å². The predicted octanol–water partition coefficient (Wildman–Crippen LogP) is 2.96. The Bertz CT molecular complexity index is 532. The Kier molecular flexibility index (Phi) is 15.2. The average molecular weight is 426 g/mol. The number of benzene rings is 1. The van der Waals surface area contributed by atoms with Gasteiger partial charge in [-0.2, -0.15) is 0 Å². The fourth-order valence-corrected chi connectivity index (χ4v) is 2.43. The second-order valence-corrected chi connectivity index (χ2v) is 7.82. The van der Waals surface area contributed by atoms with Crippen molar-refractivity contribution in [2.45, 2.75) is 45.8 Å². The molecule has 0 radical (unpaired) electrons. The van der Waals surface area contributed by atoms with Crippen LogP contribution in [0.5, 0.6) is 0 Å². The first kappa shape index (κ1) is 26.5. The molecule has 0 spiro atoms. The highest BCUT2D eigenvalue weighted by atomic mass is 16.6. The van der Waals surface area contributed by atoms with Gasteiger partial charge in [-0.3, -0.25) is 4.79 Å². The molecule has 0 bridgehead atoms. The third-order valence-electron chi connectivity index (χ3n) is 3.79. The molecule has 0 unspecified atom stereocenters. The largest absolute Gasteiger partial charge is 0.460 e. The molecule has 0 aliphatic rings. The molecule has 0 fully saturated rings. The minimum Gasteiger partial charge on any atom is -0.460 e. The topological polar surface area (TPSA) is 75.3 Å². The molecule has 7 heteroatoms. The normalized spacial score (nSPS) is 11.6. The van der Waals surface area contributed by atoms with E-state index in [4.69, 9.17) is 23.7 Å². The molecular weight excluding hydrogens is 386 g/mol. The summed E-state index contributed by atoms with van der Waals surface area (Å²) in [4.78, 5) is 11.5. The molecule has 0 saturated carbocycles. The Hall–Kier alpha value is -1.51. The molecule has 7 nitrogen and oxygen atoms in total. The third-order valence-corrected chi connectivity index (χ3v) is 3.79. The molecule has 1 rings (SSSR count). The number of esters is 1. The first-order valence-corrected chi connectivity index (χ1v) is 10.7. The van der Waals surface area contributed by atoms with Crippen LogP contribution in [0.3, 0.4) is 0 Å². The Morgan fingerprint density at radius 3 is 1.97 bits per heavy atom. The van der Waals surface area contributed by atoms with Crippen LogP contribution in [0.4, 0.5) is 0 Å². The van der Waals surface area contributed by atoms with Gasteiger partial charge in [-0.15, -0.1) is 0 Å². The van der Waals surface area contributed by atoms with Crippen molar-refractivity contribution < 1.29 is 28.5 Å². The van der Waals surface area contributed by atoms with Crippen molar-refractivity contribution in [1.82, 2.24) is 5.32 Å². The van der Waals surface area contributed by atoms with Gasteiger partial charge in [0.25, 0.3) is 0 Å². The fourth-order valence-electron chi connectivity index (χ4n) is 2.43. The standard InChI is InChI=1S/C23H39NO6/c1-23(2,3)30-22(25)10-7-13-26-16-17-27-14-11-24-12-15-28-18-19-29-20-21-8-5-4-6-9-21/h4-6,8-9,24H,7,10-20H2,1-3H3. The molecule has 30 heavy (non-hydrogen) atoms. The number of hydrogen-bond acceptors (Lipinski definition) is 7. The number of carbonyl (C=O) groups excluding carboxylic acids is 1. The van der Waals surface area contributed by atoms with Crippen LogP contribution < -0.4 is 5.32 Å². The van der Waals surface area contributed by atoms with Gasteiger partial charge in [-0.25, -0.2) is 0 Å². The van der Waals surface area contributed by atoms with Crippen molar-refractivity contribution in [1.29, 1.82) is 0 Å². The zero-order valence-corrected chi connectivity index (χ0v) is 18.8. The second-order valence-electron chi connectivity index (χ2n) is 7.82. The zero-order valence-electron chi connectivity index (χ0n) is 18.8. The number of carbonyl (C=O) groups is 1. The summed E-state index contributed by atoms with van der Waals surface area (Å²) < 4.78 is 27.2. The summed E-state index contributed by atoms with van der Waals surface area (Å²) in [5.74, 6) is -0.183. The lowest BCUT2D eigenvalue weighted by atomic mass is 10.2. The quantitative estimate of drug-likeness (QED) is 0.286. The molecule has 0 amide bonds. The van der Waals surface area contributed by atoms with Crippen LogP contribution in [0.2, 0.25) is 0 Å². The number of rotatable bonds is 18. The van der Waals surface area contributed by atoms with E-state index in [0.717, 1.165) is 13.1 Å². The SMILES string of the molecule is CC(C)(C)OC(=O)CCCOCCOCCNCCOCCOCc1ccccc1. The molecule has 0 atom stereocenters. The van der Waals surface area contributed by atoms with Crippen LogP contribution in [0, 0.1) is 0 Å². The predicted molar refractivity (Wildman–Crippen MR) is 117 cm³/mol. The van der Waals surface area contributed by atoms with E-state index in [1.54, 1.807) is 0 Å². The summed E-state index contributed by atoms with van der Waals surface area (Å²) in [6.45, 7) is 11.8. The highest BCUT2D eigenvalue weighted by molar-refractivity contribution is 5.69. The molecule has 0 aliphatic heterocycles. The van der Waals surface area contributed by atoms with Crippen molar-refractivity contribution in [3.63, 3.8) is 0 Å². The van der Waals surface area contributed by atoms with Gasteiger partial charge in [-0.1, -0.05) is 30.3 Å². The lowest BCUT2D eigenvalue weighted by Gasteiger charge is -2.19. The highest BCUT2D eigenvalue weighted by Crippen LogP contribution is 2.09. The molecule has 1 N–H and O–H groups in total.